The highest BCUT2D eigenvalue weighted by molar-refractivity contribution is 5.86. The van der Waals surface area contributed by atoms with Crippen molar-refractivity contribution in [2.45, 2.75) is 0 Å². The average Bonchev–Trinajstić information content (AvgIpc) is 2.86. The molecule has 0 aromatic carbocycles. The molecule has 3 rings (SSSR count). The van der Waals surface area contributed by atoms with Crippen LogP contribution in [0.2, 0.25) is 0 Å². The predicted molar refractivity (Wildman–Crippen MR) is 65.9 cm³/mol. The summed E-state index contributed by atoms with van der Waals surface area (Å²) in [5.74, 6) is 0.851. The van der Waals surface area contributed by atoms with E-state index in [4.69, 9.17) is 10.5 Å². The Hall–Kier alpha value is -2.70. The van der Waals surface area contributed by atoms with E-state index in [1.807, 2.05) is 6.07 Å². The summed E-state index contributed by atoms with van der Waals surface area (Å²) in [7, 11) is 1.59. The molecule has 0 radical (unpaired) electrons. The number of nitrogens with zero attached hydrogens (tertiary/aromatic N) is 4. The third-order valence-electron chi connectivity index (χ3n) is 2.52. The van der Waals surface area contributed by atoms with Crippen molar-refractivity contribution in [2.75, 3.05) is 12.8 Å². The Morgan fingerprint density at radius 3 is 2.83 bits per heavy atom. The quantitative estimate of drug-likeness (QED) is 0.695. The number of nitrogen functional groups attached to an aromatic ring is 1. The van der Waals surface area contributed by atoms with Crippen molar-refractivity contribution in [3.05, 3.63) is 24.7 Å². The minimum Gasteiger partial charge on any atom is -0.495 e. The van der Waals surface area contributed by atoms with Crippen LogP contribution in [0.3, 0.4) is 0 Å². The molecule has 7 nitrogen and oxygen atoms in total. The molecule has 90 valence electrons. The van der Waals surface area contributed by atoms with E-state index >= 15 is 0 Å². The van der Waals surface area contributed by atoms with Gasteiger partial charge in [-0.15, -0.1) is 0 Å². The Kier molecular flexibility index (Phi) is 2.30. The number of nitrogens with one attached hydrogen (secondary N) is 1. The maximum atomic E-state index is 5.65. The van der Waals surface area contributed by atoms with Crippen LogP contribution in [-0.4, -0.2) is 32.0 Å². The number of ether oxygens (including phenoxy) is 1. The number of aromatic amines is 1. The normalized spacial score (nSPS) is 10.7. The summed E-state index contributed by atoms with van der Waals surface area (Å²) in [6.07, 6.45) is 3.17. The van der Waals surface area contributed by atoms with E-state index in [1.165, 1.54) is 0 Å². The molecule has 3 aromatic heterocycles. The lowest BCUT2D eigenvalue weighted by Crippen LogP contribution is -1.99. The zero-order valence-electron chi connectivity index (χ0n) is 9.58. The van der Waals surface area contributed by atoms with Gasteiger partial charge in [0, 0.05) is 0 Å². The minimum absolute atomic E-state index is 0.169. The van der Waals surface area contributed by atoms with Crippen LogP contribution in [0.1, 0.15) is 0 Å². The van der Waals surface area contributed by atoms with Crippen LogP contribution in [0.25, 0.3) is 22.6 Å². The van der Waals surface area contributed by atoms with Crippen molar-refractivity contribution in [2.24, 2.45) is 0 Å². The van der Waals surface area contributed by atoms with Gasteiger partial charge in [0.2, 0.25) is 5.95 Å². The second-order valence-electron chi connectivity index (χ2n) is 3.61. The smallest absolute Gasteiger partial charge is 0.222 e. The Bertz CT molecular complexity index is 690. The average molecular weight is 242 g/mol. The van der Waals surface area contributed by atoms with Crippen molar-refractivity contribution in [1.82, 2.24) is 24.9 Å². The van der Waals surface area contributed by atoms with Crippen molar-refractivity contribution in [1.29, 1.82) is 0 Å². The van der Waals surface area contributed by atoms with Crippen LogP contribution < -0.4 is 10.5 Å². The third kappa shape index (κ3) is 1.61. The van der Waals surface area contributed by atoms with Crippen molar-refractivity contribution in [3.63, 3.8) is 0 Å². The van der Waals surface area contributed by atoms with Gasteiger partial charge in [-0.1, -0.05) is 0 Å². The topological polar surface area (TPSA) is 103 Å². The molecule has 0 spiro atoms. The third-order valence-corrected chi connectivity index (χ3v) is 2.52. The molecule has 3 heterocycles. The standard InChI is InChI=1S/C11H10N6O/c1-18-6-2-3-7(13-4-6)8-9-10(15-5-14-9)17-11(12)16-8/h2-5H,1H3,(H3,12,14,15,16,17). The lowest BCUT2D eigenvalue weighted by Gasteiger charge is -2.03. The van der Waals surface area contributed by atoms with Crippen molar-refractivity contribution < 1.29 is 4.74 Å². The molecular formula is C11H10N6O. The molecule has 18 heavy (non-hydrogen) atoms. The van der Waals surface area contributed by atoms with Gasteiger partial charge in [-0.3, -0.25) is 4.98 Å². The SMILES string of the molecule is COc1ccc(-c2nc(N)nc3nc[nH]c23)nc1. The molecule has 0 bridgehead atoms. The first kappa shape index (κ1) is 10.5. The van der Waals surface area contributed by atoms with E-state index in [0.29, 0.717) is 28.3 Å². The summed E-state index contributed by atoms with van der Waals surface area (Å²) >= 11 is 0. The van der Waals surface area contributed by atoms with Gasteiger partial charge >= 0.3 is 0 Å². The van der Waals surface area contributed by atoms with Gasteiger partial charge in [0.05, 0.1) is 25.3 Å². The first-order chi connectivity index (χ1) is 8.78. The number of imidazole rings is 1. The largest absolute Gasteiger partial charge is 0.495 e. The summed E-state index contributed by atoms with van der Waals surface area (Å²) in [5, 5.41) is 0. The Balaban J connectivity index is 2.20. The molecule has 0 aliphatic carbocycles. The van der Waals surface area contributed by atoms with E-state index in [-0.39, 0.29) is 5.95 Å². The molecule has 3 N–H and O–H groups in total. The molecule has 3 aromatic rings. The Labute approximate surface area is 102 Å². The minimum atomic E-state index is 0.169. The van der Waals surface area contributed by atoms with Gasteiger partial charge < -0.3 is 15.5 Å². The fourth-order valence-corrected chi connectivity index (χ4v) is 1.68. The van der Waals surface area contributed by atoms with Crippen LogP contribution >= 0.6 is 0 Å². The lowest BCUT2D eigenvalue weighted by atomic mass is 10.2. The van der Waals surface area contributed by atoms with Gasteiger partial charge in [-0.25, -0.2) is 9.97 Å². The van der Waals surface area contributed by atoms with Crippen LogP contribution in [0.4, 0.5) is 5.95 Å². The summed E-state index contributed by atoms with van der Waals surface area (Å²) in [4.78, 5) is 19.5. The molecule has 0 aliphatic heterocycles. The maximum Gasteiger partial charge on any atom is 0.222 e. The van der Waals surface area contributed by atoms with Gasteiger partial charge in [-0.05, 0) is 12.1 Å². The van der Waals surface area contributed by atoms with E-state index in [1.54, 1.807) is 25.7 Å². The van der Waals surface area contributed by atoms with Gasteiger partial charge in [0.1, 0.15) is 17.0 Å². The van der Waals surface area contributed by atoms with Crippen LogP contribution in [-0.2, 0) is 0 Å². The summed E-state index contributed by atoms with van der Waals surface area (Å²) < 4.78 is 5.06. The number of hydrogen-bond donors (Lipinski definition) is 2. The Morgan fingerprint density at radius 1 is 1.22 bits per heavy atom. The lowest BCUT2D eigenvalue weighted by molar-refractivity contribution is 0.413. The predicted octanol–water partition coefficient (Wildman–Crippen LogP) is 1.01. The molecule has 0 saturated carbocycles. The summed E-state index contributed by atoms with van der Waals surface area (Å²) in [6, 6.07) is 3.61. The fraction of sp³-hybridized carbons (Fsp3) is 0.0909. The number of rotatable bonds is 2. The monoisotopic (exact) mass is 242 g/mol. The molecule has 0 saturated heterocycles. The Morgan fingerprint density at radius 2 is 2.11 bits per heavy atom. The molecule has 0 amide bonds. The second kappa shape index (κ2) is 3.95. The van der Waals surface area contributed by atoms with E-state index in [2.05, 4.69) is 24.9 Å². The number of fused-ring (bicyclic) bond motifs is 1. The number of pyridine rings is 1. The number of hydrogen-bond acceptors (Lipinski definition) is 6. The first-order valence-electron chi connectivity index (χ1n) is 5.25. The fourth-order valence-electron chi connectivity index (χ4n) is 1.68. The number of methoxy groups -OCH3 is 1. The summed E-state index contributed by atoms with van der Waals surface area (Å²) in [6.45, 7) is 0. The van der Waals surface area contributed by atoms with Crippen molar-refractivity contribution >= 4 is 17.1 Å². The highest BCUT2D eigenvalue weighted by atomic mass is 16.5. The number of anilines is 1. The molecule has 7 heteroatoms. The summed E-state index contributed by atoms with van der Waals surface area (Å²) in [5.41, 5.74) is 8.18. The zero-order valence-corrected chi connectivity index (χ0v) is 9.58. The zero-order chi connectivity index (χ0) is 12.5. The number of nitrogens with two attached hydrogens (primary N) is 1. The van der Waals surface area contributed by atoms with E-state index < -0.39 is 0 Å². The first-order valence-corrected chi connectivity index (χ1v) is 5.25. The van der Waals surface area contributed by atoms with Gasteiger partial charge in [0.25, 0.3) is 0 Å². The molecule has 0 atom stereocenters. The van der Waals surface area contributed by atoms with Gasteiger partial charge in [-0.2, -0.15) is 4.98 Å². The second-order valence-corrected chi connectivity index (χ2v) is 3.61. The van der Waals surface area contributed by atoms with Crippen molar-refractivity contribution in [3.8, 4) is 17.1 Å². The highest BCUT2D eigenvalue weighted by Crippen LogP contribution is 2.23. The van der Waals surface area contributed by atoms with E-state index in [0.717, 1.165) is 0 Å². The van der Waals surface area contributed by atoms with Crippen LogP contribution in [0.5, 0.6) is 5.75 Å². The molecule has 0 fully saturated rings. The number of H-pyrrole nitrogens is 1. The van der Waals surface area contributed by atoms with Gasteiger partial charge in [0.15, 0.2) is 5.65 Å². The molecule has 0 unspecified atom stereocenters. The maximum absolute atomic E-state index is 5.65. The van der Waals surface area contributed by atoms with Crippen LogP contribution in [0.15, 0.2) is 24.7 Å². The highest BCUT2D eigenvalue weighted by Gasteiger charge is 2.11. The molecule has 0 aliphatic rings. The number of aromatic nitrogens is 5. The molecular weight excluding hydrogens is 232 g/mol. The van der Waals surface area contributed by atoms with E-state index in [9.17, 15) is 0 Å². The van der Waals surface area contributed by atoms with Crippen LogP contribution in [0, 0.1) is 0 Å².